The van der Waals surface area contributed by atoms with Crippen LogP contribution in [-0.4, -0.2) is 12.9 Å². The molecule has 0 spiro atoms. The fourth-order valence-electron chi connectivity index (χ4n) is 1.49. The van der Waals surface area contributed by atoms with Crippen molar-refractivity contribution >= 4 is 17.1 Å². The topological polar surface area (TPSA) is 26.3 Å². The van der Waals surface area contributed by atoms with Crippen molar-refractivity contribution in [1.82, 2.24) is 0 Å². The number of rotatable bonds is 4. The molecule has 2 nitrogen and oxygen atoms in total. The Hall–Kier alpha value is -1.61. The van der Waals surface area contributed by atoms with Crippen molar-refractivity contribution in [3.05, 3.63) is 52.2 Å². The molecule has 3 heteroatoms. The predicted molar refractivity (Wildman–Crippen MR) is 65.3 cm³/mol. The maximum Gasteiger partial charge on any atom is 0.168 e. The van der Waals surface area contributed by atoms with E-state index < -0.39 is 0 Å². The SMILES string of the molecule is COc1cccc(CC(=O)c2ccsc2)c1. The van der Waals surface area contributed by atoms with Gasteiger partial charge in [-0.25, -0.2) is 0 Å². The zero-order chi connectivity index (χ0) is 11.4. The lowest BCUT2D eigenvalue weighted by molar-refractivity contribution is 0.0993. The molecule has 0 N–H and O–H groups in total. The lowest BCUT2D eigenvalue weighted by atomic mass is 10.1. The zero-order valence-electron chi connectivity index (χ0n) is 8.97. The summed E-state index contributed by atoms with van der Waals surface area (Å²) in [6, 6.07) is 9.46. The summed E-state index contributed by atoms with van der Waals surface area (Å²) in [5.74, 6) is 0.935. The molecule has 82 valence electrons. The molecule has 0 radical (unpaired) electrons. The van der Waals surface area contributed by atoms with Crippen LogP contribution in [0.1, 0.15) is 15.9 Å². The van der Waals surface area contributed by atoms with Gasteiger partial charge in [0.25, 0.3) is 0 Å². The van der Waals surface area contributed by atoms with E-state index in [1.807, 2.05) is 41.1 Å². The Morgan fingerprint density at radius 2 is 2.25 bits per heavy atom. The van der Waals surface area contributed by atoms with Crippen LogP contribution in [0.2, 0.25) is 0 Å². The van der Waals surface area contributed by atoms with Gasteiger partial charge in [-0.1, -0.05) is 12.1 Å². The van der Waals surface area contributed by atoms with Gasteiger partial charge in [0.15, 0.2) is 5.78 Å². The third-order valence-electron chi connectivity index (χ3n) is 2.34. The standard InChI is InChI=1S/C13H12O2S/c1-15-12-4-2-3-10(7-12)8-13(14)11-5-6-16-9-11/h2-7,9H,8H2,1H3. The largest absolute Gasteiger partial charge is 0.497 e. The molecule has 0 saturated carbocycles. The van der Waals surface area contributed by atoms with Crippen molar-refractivity contribution in [2.75, 3.05) is 7.11 Å². The van der Waals surface area contributed by atoms with E-state index in [2.05, 4.69) is 0 Å². The molecule has 1 aromatic carbocycles. The molecule has 0 fully saturated rings. The van der Waals surface area contributed by atoms with Crippen molar-refractivity contribution in [2.24, 2.45) is 0 Å². The third kappa shape index (κ3) is 2.49. The molecule has 0 bridgehead atoms. The lowest BCUT2D eigenvalue weighted by Crippen LogP contribution is -2.01. The number of thiophene rings is 1. The van der Waals surface area contributed by atoms with Gasteiger partial charge in [-0.05, 0) is 29.1 Å². The molecule has 0 unspecified atom stereocenters. The Bertz CT molecular complexity index is 474. The number of methoxy groups -OCH3 is 1. The summed E-state index contributed by atoms with van der Waals surface area (Å²) in [4.78, 5) is 11.8. The fraction of sp³-hybridized carbons (Fsp3) is 0.154. The molecule has 0 atom stereocenters. The first-order valence-corrected chi connectivity index (χ1v) is 5.92. The lowest BCUT2D eigenvalue weighted by Gasteiger charge is -2.03. The Labute approximate surface area is 98.5 Å². The fourth-order valence-corrected chi connectivity index (χ4v) is 2.15. The van der Waals surface area contributed by atoms with Gasteiger partial charge < -0.3 is 4.74 Å². The van der Waals surface area contributed by atoms with Crippen molar-refractivity contribution in [3.63, 3.8) is 0 Å². The summed E-state index contributed by atoms with van der Waals surface area (Å²) in [6.45, 7) is 0. The van der Waals surface area contributed by atoms with E-state index in [4.69, 9.17) is 4.74 Å². The minimum absolute atomic E-state index is 0.148. The molecular weight excluding hydrogens is 220 g/mol. The summed E-state index contributed by atoms with van der Waals surface area (Å²) >= 11 is 1.54. The van der Waals surface area contributed by atoms with Gasteiger partial charge in [0.2, 0.25) is 0 Å². The molecule has 2 aromatic rings. The van der Waals surface area contributed by atoms with Gasteiger partial charge in [0.1, 0.15) is 5.75 Å². The van der Waals surface area contributed by atoms with Crippen molar-refractivity contribution < 1.29 is 9.53 Å². The predicted octanol–water partition coefficient (Wildman–Crippen LogP) is 3.18. The number of ether oxygens (including phenoxy) is 1. The van der Waals surface area contributed by atoms with Crippen LogP contribution in [0.5, 0.6) is 5.75 Å². The second-order valence-corrected chi connectivity index (χ2v) is 4.24. The van der Waals surface area contributed by atoms with Crippen LogP contribution in [-0.2, 0) is 6.42 Å². The Kier molecular flexibility index (Phi) is 3.37. The number of hydrogen-bond acceptors (Lipinski definition) is 3. The average molecular weight is 232 g/mol. The van der Waals surface area contributed by atoms with Gasteiger partial charge >= 0.3 is 0 Å². The second kappa shape index (κ2) is 4.94. The number of carbonyl (C=O) groups is 1. The van der Waals surface area contributed by atoms with E-state index in [9.17, 15) is 4.79 Å². The maximum atomic E-state index is 11.8. The van der Waals surface area contributed by atoms with Crippen molar-refractivity contribution in [2.45, 2.75) is 6.42 Å². The normalized spacial score (nSPS) is 10.1. The van der Waals surface area contributed by atoms with Crippen LogP contribution in [0.25, 0.3) is 0 Å². The molecule has 1 heterocycles. The zero-order valence-corrected chi connectivity index (χ0v) is 9.79. The van der Waals surface area contributed by atoms with E-state index in [0.29, 0.717) is 6.42 Å². The number of hydrogen-bond donors (Lipinski definition) is 0. The van der Waals surface area contributed by atoms with Gasteiger partial charge in [-0.2, -0.15) is 11.3 Å². The Morgan fingerprint density at radius 3 is 2.94 bits per heavy atom. The summed E-state index contributed by atoms with van der Waals surface area (Å²) in [5, 5.41) is 3.79. The summed E-state index contributed by atoms with van der Waals surface area (Å²) in [7, 11) is 1.62. The van der Waals surface area contributed by atoms with Gasteiger partial charge in [0.05, 0.1) is 7.11 Å². The molecular formula is C13H12O2S. The van der Waals surface area contributed by atoms with Gasteiger partial charge in [-0.15, -0.1) is 0 Å². The molecule has 0 aliphatic heterocycles. The van der Waals surface area contributed by atoms with E-state index >= 15 is 0 Å². The molecule has 2 rings (SSSR count). The van der Waals surface area contributed by atoms with Crippen LogP contribution < -0.4 is 4.74 Å². The van der Waals surface area contributed by atoms with Crippen LogP contribution >= 0.6 is 11.3 Å². The van der Waals surface area contributed by atoms with E-state index in [1.165, 1.54) is 0 Å². The third-order valence-corrected chi connectivity index (χ3v) is 3.03. The quantitative estimate of drug-likeness (QED) is 0.757. The first-order valence-electron chi connectivity index (χ1n) is 4.98. The Morgan fingerprint density at radius 1 is 1.38 bits per heavy atom. The van der Waals surface area contributed by atoms with Crippen molar-refractivity contribution in [3.8, 4) is 5.75 Å². The van der Waals surface area contributed by atoms with Crippen LogP contribution in [0.4, 0.5) is 0 Å². The van der Waals surface area contributed by atoms with E-state index in [-0.39, 0.29) is 5.78 Å². The first-order chi connectivity index (χ1) is 7.79. The van der Waals surface area contributed by atoms with E-state index in [0.717, 1.165) is 16.9 Å². The highest BCUT2D eigenvalue weighted by atomic mass is 32.1. The Balaban J connectivity index is 2.12. The van der Waals surface area contributed by atoms with Gasteiger partial charge in [0, 0.05) is 17.4 Å². The van der Waals surface area contributed by atoms with Crippen molar-refractivity contribution in [1.29, 1.82) is 0 Å². The summed E-state index contributed by atoms with van der Waals surface area (Å²) in [6.07, 6.45) is 0.425. The number of benzene rings is 1. The summed E-state index contributed by atoms with van der Waals surface area (Å²) in [5.41, 5.74) is 1.77. The monoisotopic (exact) mass is 232 g/mol. The number of carbonyl (C=O) groups excluding carboxylic acids is 1. The highest BCUT2D eigenvalue weighted by Crippen LogP contribution is 2.15. The molecule has 0 aliphatic carbocycles. The van der Waals surface area contributed by atoms with Gasteiger partial charge in [-0.3, -0.25) is 4.79 Å². The first kappa shape index (κ1) is 10.9. The average Bonchev–Trinajstić information content (AvgIpc) is 2.83. The highest BCUT2D eigenvalue weighted by Gasteiger charge is 2.07. The summed E-state index contributed by atoms with van der Waals surface area (Å²) < 4.78 is 5.12. The smallest absolute Gasteiger partial charge is 0.168 e. The second-order valence-electron chi connectivity index (χ2n) is 3.46. The molecule has 0 aliphatic rings. The van der Waals surface area contributed by atoms with E-state index in [1.54, 1.807) is 18.4 Å². The number of Topliss-reactive ketones (excluding diaryl/α,β-unsaturated/α-hetero) is 1. The van der Waals surface area contributed by atoms with Crippen LogP contribution in [0.3, 0.4) is 0 Å². The minimum atomic E-state index is 0.148. The maximum absolute atomic E-state index is 11.8. The molecule has 16 heavy (non-hydrogen) atoms. The molecule has 1 aromatic heterocycles. The van der Waals surface area contributed by atoms with Crippen LogP contribution in [0.15, 0.2) is 41.1 Å². The minimum Gasteiger partial charge on any atom is -0.497 e. The number of ketones is 1. The molecule has 0 saturated heterocycles. The van der Waals surface area contributed by atoms with Crippen LogP contribution in [0, 0.1) is 0 Å². The highest BCUT2D eigenvalue weighted by molar-refractivity contribution is 7.08. The molecule has 0 amide bonds.